The molecule has 0 fully saturated rings. The number of hydrogen-bond donors (Lipinski definition) is 3. The Bertz CT molecular complexity index is 1110. The van der Waals surface area contributed by atoms with Crippen molar-refractivity contribution in [3.05, 3.63) is 60.8 Å². The predicted octanol–water partition coefficient (Wildman–Crippen LogP) is 16.0. The summed E-state index contributed by atoms with van der Waals surface area (Å²) in [7, 11) is 0. The first-order valence-electron chi connectivity index (χ1n) is 26.6. The molecule has 0 radical (unpaired) electrons. The lowest BCUT2D eigenvalue weighted by Crippen LogP contribution is -2.46. The average Bonchev–Trinajstić information content (AvgIpc) is 3.26. The highest BCUT2D eigenvalue weighted by molar-refractivity contribution is 5.77. The van der Waals surface area contributed by atoms with E-state index in [0.717, 1.165) is 70.6 Å². The Balaban J connectivity index is 4.67. The first kappa shape index (κ1) is 59.6. The van der Waals surface area contributed by atoms with Crippen molar-refractivity contribution < 1.29 is 24.5 Å². The maximum atomic E-state index is 13.2. The molecule has 3 atom stereocenters. The summed E-state index contributed by atoms with van der Waals surface area (Å²) in [6.45, 7) is 6.39. The molecule has 62 heavy (non-hydrogen) atoms. The van der Waals surface area contributed by atoms with Gasteiger partial charge < -0.3 is 20.3 Å². The molecule has 360 valence electrons. The molecular formula is C56H101NO5. The van der Waals surface area contributed by atoms with Crippen LogP contribution in [0.3, 0.4) is 0 Å². The first-order valence-corrected chi connectivity index (χ1v) is 26.6. The highest BCUT2D eigenvalue weighted by Gasteiger charge is 2.24. The molecule has 1 amide bonds. The van der Waals surface area contributed by atoms with Crippen LogP contribution in [0, 0.1) is 0 Å². The average molecular weight is 868 g/mol. The molecule has 0 aliphatic carbocycles. The van der Waals surface area contributed by atoms with Crippen LogP contribution in [-0.2, 0) is 14.3 Å². The summed E-state index contributed by atoms with van der Waals surface area (Å²) < 4.78 is 5.93. The molecule has 0 heterocycles. The van der Waals surface area contributed by atoms with Crippen molar-refractivity contribution in [3.63, 3.8) is 0 Å². The van der Waals surface area contributed by atoms with Crippen molar-refractivity contribution in [3.8, 4) is 0 Å². The Morgan fingerprint density at radius 3 is 1.31 bits per heavy atom. The minimum absolute atomic E-state index is 0.0504. The van der Waals surface area contributed by atoms with Crippen molar-refractivity contribution in [1.82, 2.24) is 5.32 Å². The van der Waals surface area contributed by atoms with Gasteiger partial charge in [-0.05, 0) is 44.9 Å². The number of carbonyl (C=O) groups excluding carboxylic acids is 2. The number of amides is 1. The van der Waals surface area contributed by atoms with E-state index in [9.17, 15) is 19.8 Å². The molecule has 0 aromatic heterocycles. The van der Waals surface area contributed by atoms with E-state index in [2.05, 4.69) is 50.4 Å². The number of hydrogen-bond acceptors (Lipinski definition) is 5. The molecule has 0 aromatic rings. The van der Waals surface area contributed by atoms with E-state index in [0.29, 0.717) is 19.3 Å². The third-order valence-corrected chi connectivity index (χ3v) is 12.0. The third kappa shape index (κ3) is 44.2. The van der Waals surface area contributed by atoms with Crippen molar-refractivity contribution in [1.29, 1.82) is 0 Å². The van der Waals surface area contributed by atoms with E-state index in [1.165, 1.54) is 141 Å². The maximum absolute atomic E-state index is 13.2. The topological polar surface area (TPSA) is 95.9 Å². The number of rotatable bonds is 47. The van der Waals surface area contributed by atoms with Crippen LogP contribution in [0.15, 0.2) is 60.8 Å². The van der Waals surface area contributed by atoms with E-state index in [4.69, 9.17) is 4.74 Å². The molecule has 0 spiro atoms. The van der Waals surface area contributed by atoms with Crippen LogP contribution in [0.2, 0.25) is 0 Å². The van der Waals surface area contributed by atoms with Gasteiger partial charge in [0.15, 0.2) is 0 Å². The second-order valence-electron chi connectivity index (χ2n) is 18.1. The van der Waals surface area contributed by atoms with Crippen LogP contribution in [0.1, 0.15) is 258 Å². The van der Waals surface area contributed by atoms with Gasteiger partial charge in [-0.15, -0.1) is 0 Å². The first-order chi connectivity index (χ1) is 30.5. The zero-order chi connectivity index (χ0) is 45.2. The van der Waals surface area contributed by atoms with Gasteiger partial charge in [0.05, 0.1) is 25.2 Å². The molecular weight excluding hydrogens is 767 g/mol. The second kappa shape index (κ2) is 49.6. The van der Waals surface area contributed by atoms with Gasteiger partial charge in [0.25, 0.3) is 0 Å². The molecule has 3 unspecified atom stereocenters. The van der Waals surface area contributed by atoms with Gasteiger partial charge in [-0.25, -0.2) is 0 Å². The van der Waals surface area contributed by atoms with Crippen molar-refractivity contribution in [2.45, 2.75) is 277 Å². The Labute approximate surface area is 384 Å². The zero-order valence-electron chi connectivity index (χ0n) is 41.0. The number of aliphatic hydroxyl groups is 2. The van der Waals surface area contributed by atoms with Crippen LogP contribution in [0.25, 0.3) is 0 Å². The van der Waals surface area contributed by atoms with Gasteiger partial charge in [0, 0.05) is 6.42 Å². The quantitative estimate of drug-likeness (QED) is 0.0322. The fourth-order valence-electron chi connectivity index (χ4n) is 7.93. The summed E-state index contributed by atoms with van der Waals surface area (Å²) in [6.07, 6.45) is 61.3. The Morgan fingerprint density at radius 2 is 0.855 bits per heavy atom. The van der Waals surface area contributed by atoms with E-state index < -0.39 is 18.2 Å². The molecule has 0 aliphatic rings. The van der Waals surface area contributed by atoms with E-state index in [1.54, 1.807) is 0 Å². The molecule has 0 saturated heterocycles. The number of esters is 1. The number of aliphatic hydroxyl groups excluding tert-OH is 2. The minimum Gasteiger partial charge on any atom is -0.462 e. The standard InChI is InChI=1S/C56H101NO5/c1-4-7-10-13-16-19-22-25-27-29-30-32-35-38-41-44-47-52(62-56(61)49-46-43-40-37-34-31-28-26-23-20-17-14-11-8-5-2)50-55(60)57-53(51-58)54(59)48-45-42-39-36-33-24-21-18-15-12-9-6-3/h10,13,16,19,22,25,27,29-30,32,52-54,58-59H,4-9,11-12,14-15,17-18,20-21,23-24,26,28,31,33-51H2,1-3H3,(H,57,60)/b13-10+,19-16+,25-22+,29-27+,32-30+. The summed E-state index contributed by atoms with van der Waals surface area (Å²) in [5.41, 5.74) is 0. The van der Waals surface area contributed by atoms with Gasteiger partial charge in [0.2, 0.25) is 5.91 Å². The summed E-state index contributed by atoms with van der Waals surface area (Å²) >= 11 is 0. The summed E-state index contributed by atoms with van der Waals surface area (Å²) in [5.74, 6) is -0.509. The van der Waals surface area contributed by atoms with Crippen LogP contribution >= 0.6 is 0 Å². The number of unbranched alkanes of at least 4 members (excludes halogenated alkanes) is 29. The monoisotopic (exact) mass is 868 g/mol. The third-order valence-electron chi connectivity index (χ3n) is 12.0. The summed E-state index contributed by atoms with van der Waals surface area (Å²) in [6, 6.07) is -0.715. The van der Waals surface area contributed by atoms with Gasteiger partial charge in [-0.3, -0.25) is 9.59 Å². The SMILES string of the molecule is CCC/C=C/C=C/C=C/C=C/C=C/CCCCCC(CC(=O)NC(CO)C(O)CCCCCCCCCCCCCC)OC(=O)CCCCCCCCCCCCCCCCC. The lowest BCUT2D eigenvalue weighted by molar-refractivity contribution is -0.151. The fourth-order valence-corrected chi connectivity index (χ4v) is 7.93. The fraction of sp³-hybridized carbons (Fsp3) is 0.786. The molecule has 0 aliphatic heterocycles. The van der Waals surface area contributed by atoms with Crippen molar-refractivity contribution >= 4 is 11.9 Å². The summed E-state index contributed by atoms with van der Waals surface area (Å²) in [4.78, 5) is 26.2. The van der Waals surface area contributed by atoms with Gasteiger partial charge >= 0.3 is 5.97 Å². The maximum Gasteiger partial charge on any atom is 0.306 e. The van der Waals surface area contributed by atoms with Crippen molar-refractivity contribution in [2.24, 2.45) is 0 Å². The zero-order valence-corrected chi connectivity index (χ0v) is 41.0. The molecule has 0 bridgehead atoms. The lowest BCUT2D eigenvalue weighted by atomic mass is 10.0. The summed E-state index contributed by atoms with van der Waals surface area (Å²) in [5, 5.41) is 23.8. The molecule has 6 nitrogen and oxygen atoms in total. The molecule has 6 heteroatoms. The van der Waals surface area contributed by atoms with Crippen LogP contribution in [-0.4, -0.2) is 46.9 Å². The Hall–Kier alpha value is -2.44. The number of nitrogens with one attached hydrogen (secondary N) is 1. The van der Waals surface area contributed by atoms with E-state index in [-0.39, 0.29) is 24.9 Å². The molecule has 0 aromatic carbocycles. The normalized spacial score (nSPS) is 13.7. The largest absolute Gasteiger partial charge is 0.462 e. The van der Waals surface area contributed by atoms with Crippen LogP contribution < -0.4 is 5.32 Å². The smallest absolute Gasteiger partial charge is 0.306 e. The van der Waals surface area contributed by atoms with E-state index in [1.807, 2.05) is 36.5 Å². The highest BCUT2D eigenvalue weighted by atomic mass is 16.5. The molecule has 0 rings (SSSR count). The highest BCUT2D eigenvalue weighted by Crippen LogP contribution is 2.18. The minimum atomic E-state index is -0.799. The van der Waals surface area contributed by atoms with Crippen LogP contribution in [0.5, 0.6) is 0 Å². The van der Waals surface area contributed by atoms with E-state index >= 15 is 0 Å². The number of ether oxygens (including phenoxy) is 1. The van der Waals surface area contributed by atoms with Crippen LogP contribution in [0.4, 0.5) is 0 Å². The van der Waals surface area contributed by atoms with Crippen molar-refractivity contribution in [2.75, 3.05) is 6.61 Å². The molecule has 3 N–H and O–H groups in total. The lowest BCUT2D eigenvalue weighted by Gasteiger charge is -2.24. The Morgan fingerprint density at radius 1 is 0.468 bits per heavy atom. The second-order valence-corrected chi connectivity index (χ2v) is 18.1. The molecule has 0 saturated carbocycles. The van der Waals surface area contributed by atoms with Gasteiger partial charge in [-0.2, -0.15) is 0 Å². The van der Waals surface area contributed by atoms with Gasteiger partial charge in [0.1, 0.15) is 6.10 Å². The Kier molecular flexibility index (Phi) is 47.6. The number of allylic oxidation sites excluding steroid dienone is 10. The van der Waals surface area contributed by atoms with Gasteiger partial charge in [-0.1, -0.05) is 261 Å². The number of carbonyl (C=O) groups is 2. The predicted molar refractivity (Wildman–Crippen MR) is 268 cm³/mol.